The SMILES string of the molecule is C/C(=C/C(=O)NCC(O)COCC(C)C)c1ccccc1F. The molecule has 0 bridgehead atoms. The minimum absolute atomic E-state index is 0.0952. The highest BCUT2D eigenvalue weighted by Gasteiger charge is 2.08. The van der Waals surface area contributed by atoms with Crippen LogP contribution in [-0.2, 0) is 9.53 Å². The van der Waals surface area contributed by atoms with Crippen LogP contribution in [-0.4, -0.2) is 36.9 Å². The zero-order chi connectivity index (χ0) is 16.5. The van der Waals surface area contributed by atoms with E-state index in [-0.39, 0.29) is 24.9 Å². The predicted molar refractivity (Wildman–Crippen MR) is 84.7 cm³/mol. The van der Waals surface area contributed by atoms with Gasteiger partial charge in [0.1, 0.15) is 5.82 Å². The van der Waals surface area contributed by atoms with Crippen LogP contribution in [0.4, 0.5) is 4.39 Å². The molecule has 4 nitrogen and oxygen atoms in total. The summed E-state index contributed by atoms with van der Waals surface area (Å²) < 4.78 is 18.9. The van der Waals surface area contributed by atoms with E-state index in [1.54, 1.807) is 25.1 Å². The van der Waals surface area contributed by atoms with Gasteiger partial charge in [0, 0.05) is 24.8 Å². The van der Waals surface area contributed by atoms with E-state index in [0.717, 1.165) is 0 Å². The first-order valence-electron chi connectivity index (χ1n) is 7.37. The van der Waals surface area contributed by atoms with Crippen molar-refractivity contribution in [3.63, 3.8) is 0 Å². The van der Waals surface area contributed by atoms with E-state index in [1.165, 1.54) is 12.1 Å². The number of benzene rings is 1. The molecule has 0 aliphatic rings. The van der Waals surface area contributed by atoms with E-state index in [4.69, 9.17) is 4.74 Å². The molecule has 0 radical (unpaired) electrons. The van der Waals surface area contributed by atoms with Gasteiger partial charge in [0.25, 0.3) is 0 Å². The van der Waals surface area contributed by atoms with Crippen LogP contribution in [0.5, 0.6) is 0 Å². The molecule has 0 aromatic heterocycles. The Kier molecular flexibility index (Phi) is 7.77. The van der Waals surface area contributed by atoms with Gasteiger partial charge in [-0.05, 0) is 24.5 Å². The third-order valence-corrected chi connectivity index (χ3v) is 2.92. The van der Waals surface area contributed by atoms with Gasteiger partial charge >= 0.3 is 0 Å². The van der Waals surface area contributed by atoms with E-state index < -0.39 is 6.10 Å². The summed E-state index contributed by atoms with van der Waals surface area (Å²) in [5.74, 6) is -0.344. The lowest BCUT2D eigenvalue weighted by Gasteiger charge is -2.13. The average molecular weight is 309 g/mol. The highest BCUT2D eigenvalue weighted by Crippen LogP contribution is 2.16. The molecule has 0 fully saturated rings. The van der Waals surface area contributed by atoms with Crippen LogP contribution in [0.3, 0.4) is 0 Å². The molecule has 5 heteroatoms. The van der Waals surface area contributed by atoms with Crippen LogP contribution in [0.25, 0.3) is 5.57 Å². The number of amides is 1. The fourth-order valence-electron chi connectivity index (χ4n) is 1.82. The molecule has 0 saturated carbocycles. The van der Waals surface area contributed by atoms with Crippen molar-refractivity contribution in [3.05, 3.63) is 41.7 Å². The molecule has 1 amide bonds. The van der Waals surface area contributed by atoms with Crippen molar-refractivity contribution < 1.29 is 19.0 Å². The van der Waals surface area contributed by atoms with Crippen LogP contribution in [0.2, 0.25) is 0 Å². The van der Waals surface area contributed by atoms with Crippen molar-refractivity contribution in [2.75, 3.05) is 19.8 Å². The van der Waals surface area contributed by atoms with Crippen molar-refractivity contribution in [2.45, 2.75) is 26.9 Å². The second-order valence-electron chi connectivity index (χ2n) is 5.64. The zero-order valence-electron chi connectivity index (χ0n) is 13.3. The first kappa shape index (κ1) is 18.3. The highest BCUT2D eigenvalue weighted by atomic mass is 19.1. The van der Waals surface area contributed by atoms with E-state index >= 15 is 0 Å². The van der Waals surface area contributed by atoms with E-state index in [0.29, 0.717) is 23.7 Å². The Hall–Kier alpha value is -1.72. The molecule has 22 heavy (non-hydrogen) atoms. The van der Waals surface area contributed by atoms with Gasteiger partial charge in [-0.1, -0.05) is 32.0 Å². The molecule has 0 aliphatic carbocycles. The summed E-state index contributed by atoms with van der Waals surface area (Å²) in [7, 11) is 0. The number of rotatable bonds is 8. The summed E-state index contributed by atoms with van der Waals surface area (Å²) in [4.78, 5) is 11.8. The number of halogens is 1. The zero-order valence-corrected chi connectivity index (χ0v) is 13.3. The van der Waals surface area contributed by atoms with Crippen molar-refractivity contribution in [1.29, 1.82) is 0 Å². The average Bonchev–Trinajstić information content (AvgIpc) is 2.45. The molecular formula is C17H24FNO3. The normalized spacial score (nSPS) is 13.3. The van der Waals surface area contributed by atoms with E-state index in [1.807, 2.05) is 13.8 Å². The highest BCUT2D eigenvalue weighted by molar-refractivity contribution is 5.94. The lowest BCUT2D eigenvalue weighted by Crippen LogP contribution is -2.34. The smallest absolute Gasteiger partial charge is 0.244 e. The van der Waals surface area contributed by atoms with Gasteiger partial charge in [0.15, 0.2) is 0 Å². The summed E-state index contributed by atoms with van der Waals surface area (Å²) >= 11 is 0. The molecule has 0 aliphatic heterocycles. The maximum Gasteiger partial charge on any atom is 0.244 e. The minimum atomic E-state index is -0.759. The van der Waals surface area contributed by atoms with Gasteiger partial charge in [0.2, 0.25) is 5.91 Å². The van der Waals surface area contributed by atoms with Crippen LogP contribution in [0, 0.1) is 11.7 Å². The van der Waals surface area contributed by atoms with Gasteiger partial charge in [-0.2, -0.15) is 0 Å². The first-order valence-corrected chi connectivity index (χ1v) is 7.37. The molecular weight excluding hydrogens is 285 g/mol. The molecule has 0 heterocycles. The Labute approximate surface area is 131 Å². The van der Waals surface area contributed by atoms with Gasteiger partial charge in [-0.3, -0.25) is 4.79 Å². The summed E-state index contributed by atoms with van der Waals surface area (Å²) in [6, 6.07) is 6.27. The monoisotopic (exact) mass is 309 g/mol. The van der Waals surface area contributed by atoms with Gasteiger partial charge in [0.05, 0.1) is 12.7 Å². The Morgan fingerprint density at radius 1 is 1.36 bits per heavy atom. The molecule has 1 rings (SSSR count). The van der Waals surface area contributed by atoms with Gasteiger partial charge in [-0.25, -0.2) is 4.39 Å². The molecule has 0 spiro atoms. The number of aliphatic hydroxyl groups excluding tert-OH is 1. The van der Waals surface area contributed by atoms with E-state index in [2.05, 4.69) is 5.32 Å². The topological polar surface area (TPSA) is 58.6 Å². The fraction of sp³-hybridized carbons (Fsp3) is 0.471. The molecule has 1 aromatic carbocycles. The lowest BCUT2D eigenvalue weighted by molar-refractivity contribution is -0.117. The standard InChI is InChI=1S/C17H24FNO3/c1-12(2)10-22-11-14(20)9-19-17(21)8-13(3)15-6-4-5-7-16(15)18/h4-8,12,14,20H,9-11H2,1-3H3,(H,19,21)/b13-8-. The Balaban J connectivity index is 2.42. The summed E-state index contributed by atoms with van der Waals surface area (Å²) in [6.45, 7) is 6.54. The second kappa shape index (κ2) is 9.33. The molecule has 2 N–H and O–H groups in total. The van der Waals surface area contributed by atoms with Crippen LogP contribution >= 0.6 is 0 Å². The Bertz CT molecular complexity index is 514. The van der Waals surface area contributed by atoms with Crippen molar-refractivity contribution >= 4 is 11.5 Å². The summed E-state index contributed by atoms with van der Waals surface area (Å²) in [5, 5.41) is 12.3. The molecule has 1 atom stereocenters. The van der Waals surface area contributed by atoms with Crippen molar-refractivity contribution in [2.24, 2.45) is 5.92 Å². The van der Waals surface area contributed by atoms with Crippen LogP contribution in [0.1, 0.15) is 26.3 Å². The minimum Gasteiger partial charge on any atom is -0.389 e. The Morgan fingerprint density at radius 2 is 2.05 bits per heavy atom. The first-order chi connectivity index (χ1) is 10.4. The second-order valence-corrected chi connectivity index (χ2v) is 5.64. The Morgan fingerprint density at radius 3 is 2.68 bits per heavy atom. The number of aliphatic hydroxyl groups is 1. The van der Waals surface area contributed by atoms with Crippen LogP contribution < -0.4 is 5.32 Å². The summed E-state index contributed by atoms with van der Waals surface area (Å²) in [6.07, 6.45) is 0.560. The van der Waals surface area contributed by atoms with Crippen LogP contribution in [0.15, 0.2) is 30.3 Å². The number of carbonyl (C=O) groups is 1. The molecule has 122 valence electrons. The van der Waals surface area contributed by atoms with Crippen molar-refractivity contribution in [3.8, 4) is 0 Å². The number of hydrogen-bond donors (Lipinski definition) is 2. The number of hydrogen-bond acceptors (Lipinski definition) is 3. The van der Waals surface area contributed by atoms with E-state index in [9.17, 15) is 14.3 Å². The van der Waals surface area contributed by atoms with Gasteiger partial charge in [-0.15, -0.1) is 0 Å². The predicted octanol–water partition coefficient (Wildman–Crippen LogP) is 2.38. The third-order valence-electron chi connectivity index (χ3n) is 2.92. The lowest BCUT2D eigenvalue weighted by atomic mass is 10.1. The number of allylic oxidation sites excluding steroid dienone is 1. The number of nitrogens with one attached hydrogen (secondary N) is 1. The largest absolute Gasteiger partial charge is 0.389 e. The maximum absolute atomic E-state index is 13.6. The maximum atomic E-state index is 13.6. The number of carbonyl (C=O) groups excluding carboxylic acids is 1. The fourth-order valence-corrected chi connectivity index (χ4v) is 1.82. The quantitative estimate of drug-likeness (QED) is 0.725. The molecule has 0 saturated heterocycles. The number of ether oxygens (including phenoxy) is 1. The van der Waals surface area contributed by atoms with Crippen molar-refractivity contribution in [1.82, 2.24) is 5.32 Å². The summed E-state index contributed by atoms with van der Waals surface area (Å²) in [5.41, 5.74) is 0.916. The van der Waals surface area contributed by atoms with Gasteiger partial charge < -0.3 is 15.2 Å². The molecule has 1 aromatic rings. The molecule has 1 unspecified atom stereocenters. The third kappa shape index (κ3) is 6.83.